The Bertz CT molecular complexity index is 524. The molecule has 0 N–H and O–H groups in total. The molecule has 0 spiro atoms. The number of para-hydroxylation sites is 1. The molecule has 2 heterocycles. The van der Waals surface area contributed by atoms with Crippen molar-refractivity contribution in [2.24, 2.45) is 4.99 Å². The van der Waals surface area contributed by atoms with Gasteiger partial charge in [-0.1, -0.05) is 17.3 Å². The van der Waals surface area contributed by atoms with Crippen molar-refractivity contribution in [2.45, 2.75) is 19.5 Å². The highest BCUT2D eigenvalue weighted by Crippen LogP contribution is 2.09. The normalized spacial score (nSPS) is 16.4. The molecule has 17 heavy (non-hydrogen) atoms. The van der Waals surface area contributed by atoms with E-state index in [1.807, 2.05) is 35.3 Å². The number of fused-ring (bicyclic) bond motifs is 1. The maximum absolute atomic E-state index is 4.41. The van der Waals surface area contributed by atoms with Gasteiger partial charge in [-0.15, -0.1) is 5.10 Å². The molecule has 1 aromatic carbocycles. The second-order valence-corrected chi connectivity index (χ2v) is 4.26. The Labute approximate surface area is 99.7 Å². The number of hydrogen-bond donors (Lipinski definition) is 0. The molecule has 0 amide bonds. The molecule has 88 valence electrons. The second kappa shape index (κ2) is 4.53. The van der Waals surface area contributed by atoms with Crippen molar-refractivity contribution in [3.8, 4) is 0 Å². The summed E-state index contributed by atoms with van der Waals surface area (Å²) in [5.41, 5.74) is 1.95. The van der Waals surface area contributed by atoms with E-state index >= 15 is 0 Å². The number of rotatable bonds is 3. The predicted molar refractivity (Wildman–Crippen MR) is 66.8 cm³/mol. The Hall–Kier alpha value is -1.91. The minimum absolute atomic E-state index is 0.539. The fraction of sp³-hybridized carbons (Fsp3) is 0.417. The van der Waals surface area contributed by atoms with Crippen LogP contribution in [0.2, 0.25) is 0 Å². The highest BCUT2D eigenvalue weighted by atomic mass is 15.4. The van der Waals surface area contributed by atoms with Crippen molar-refractivity contribution < 1.29 is 0 Å². The molecule has 0 radical (unpaired) electrons. The molecule has 0 saturated carbocycles. The molecule has 1 aliphatic rings. The quantitative estimate of drug-likeness (QED) is 0.592. The van der Waals surface area contributed by atoms with E-state index in [1.165, 1.54) is 12.8 Å². The minimum Gasteiger partial charge on any atom is -0.363 e. The van der Waals surface area contributed by atoms with Crippen LogP contribution in [0.3, 0.4) is 0 Å². The molecule has 0 bridgehead atoms. The van der Waals surface area contributed by atoms with Gasteiger partial charge in [-0.3, -0.25) is 4.99 Å². The van der Waals surface area contributed by atoms with E-state index in [2.05, 4.69) is 20.2 Å². The molecule has 5 heteroatoms. The van der Waals surface area contributed by atoms with Crippen LogP contribution in [-0.4, -0.2) is 39.3 Å². The Kier molecular flexibility index (Phi) is 2.73. The fourth-order valence-corrected chi connectivity index (χ4v) is 2.11. The maximum Gasteiger partial charge on any atom is 0.135 e. The zero-order valence-electron chi connectivity index (χ0n) is 9.66. The van der Waals surface area contributed by atoms with Crippen molar-refractivity contribution in [2.75, 3.05) is 13.1 Å². The number of hydrogen-bond acceptors (Lipinski definition) is 3. The lowest BCUT2D eigenvalue weighted by Crippen LogP contribution is -2.17. The van der Waals surface area contributed by atoms with Gasteiger partial charge < -0.3 is 4.90 Å². The maximum atomic E-state index is 4.41. The molecule has 0 unspecified atom stereocenters. The first-order valence-corrected chi connectivity index (χ1v) is 5.96. The fourth-order valence-electron chi connectivity index (χ4n) is 2.11. The van der Waals surface area contributed by atoms with E-state index in [1.54, 1.807) is 0 Å². The first-order chi connectivity index (χ1) is 8.43. The molecule has 1 aromatic heterocycles. The van der Waals surface area contributed by atoms with Crippen LogP contribution in [0.4, 0.5) is 0 Å². The monoisotopic (exact) mass is 229 g/mol. The van der Waals surface area contributed by atoms with Crippen molar-refractivity contribution in [3.63, 3.8) is 0 Å². The summed E-state index contributed by atoms with van der Waals surface area (Å²) in [7, 11) is 0. The van der Waals surface area contributed by atoms with Gasteiger partial charge in [-0.25, -0.2) is 4.68 Å². The molecule has 0 aliphatic carbocycles. The zero-order valence-corrected chi connectivity index (χ0v) is 9.66. The van der Waals surface area contributed by atoms with Gasteiger partial charge >= 0.3 is 0 Å². The summed E-state index contributed by atoms with van der Waals surface area (Å²) in [6.45, 7) is 2.79. The first kappa shape index (κ1) is 10.3. The van der Waals surface area contributed by atoms with E-state index in [4.69, 9.17) is 0 Å². The molecule has 5 nitrogen and oxygen atoms in total. The first-order valence-electron chi connectivity index (χ1n) is 5.96. The van der Waals surface area contributed by atoms with Gasteiger partial charge in [0.15, 0.2) is 0 Å². The van der Waals surface area contributed by atoms with Crippen LogP contribution < -0.4 is 0 Å². The Morgan fingerprint density at radius 2 is 2.06 bits per heavy atom. The van der Waals surface area contributed by atoms with Crippen LogP contribution in [0.1, 0.15) is 12.8 Å². The van der Waals surface area contributed by atoms with Crippen molar-refractivity contribution >= 4 is 17.4 Å². The van der Waals surface area contributed by atoms with E-state index in [0.717, 1.165) is 24.1 Å². The average molecular weight is 229 g/mol. The summed E-state index contributed by atoms with van der Waals surface area (Å²) < 4.78 is 1.82. The van der Waals surface area contributed by atoms with Crippen molar-refractivity contribution in [1.29, 1.82) is 0 Å². The summed E-state index contributed by atoms with van der Waals surface area (Å²) in [4.78, 5) is 6.66. The average Bonchev–Trinajstić information content (AvgIpc) is 2.99. The van der Waals surface area contributed by atoms with Crippen LogP contribution in [0.5, 0.6) is 0 Å². The molecular formula is C12H15N5. The summed E-state index contributed by atoms with van der Waals surface area (Å²) in [6, 6.07) is 7.94. The summed E-state index contributed by atoms with van der Waals surface area (Å²) in [5.74, 6) is 0. The van der Waals surface area contributed by atoms with Crippen LogP contribution in [0, 0.1) is 0 Å². The third-order valence-electron chi connectivity index (χ3n) is 3.02. The van der Waals surface area contributed by atoms with Crippen molar-refractivity contribution in [3.05, 3.63) is 24.3 Å². The van der Waals surface area contributed by atoms with E-state index in [-0.39, 0.29) is 0 Å². The predicted octanol–water partition coefficient (Wildman–Crippen LogP) is 1.51. The topological polar surface area (TPSA) is 46.3 Å². The van der Waals surface area contributed by atoms with Gasteiger partial charge in [0.25, 0.3) is 0 Å². The summed E-state index contributed by atoms with van der Waals surface area (Å²) in [5, 5.41) is 8.19. The lowest BCUT2D eigenvalue weighted by atomic mass is 10.3. The Balaban J connectivity index is 1.72. The summed E-state index contributed by atoms with van der Waals surface area (Å²) in [6.07, 6.45) is 4.49. The number of nitrogens with zero attached hydrogens (tertiary/aromatic N) is 5. The number of aromatic nitrogens is 3. The van der Waals surface area contributed by atoms with Gasteiger partial charge in [-0.2, -0.15) is 0 Å². The minimum atomic E-state index is 0.539. The van der Waals surface area contributed by atoms with Gasteiger partial charge in [-0.05, 0) is 25.0 Å². The Morgan fingerprint density at radius 3 is 2.94 bits per heavy atom. The lowest BCUT2D eigenvalue weighted by molar-refractivity contribution is 0.525. The van der Waals surface area contributed by atoms with Gasteiger partial charge in [0.2, 0.25) is 0 Å². The van der Waals surface area contributed by atoms with Crippen LogP contribution in [0.25, 0.3) is 11.0 Å². The van der Waals surface area contributed by atoms with Crippen LogP contribution >= 0.6 is 0 Å². The van der Waals surface area contributed by atoms with Gasteiger partial charge in [0.1, 0.15) is 12.2 Å². The van der Waals surface area contributed by atoms with E-state index < -0.39 is 0 Å². The van der Waals surface area contributed by atoms with Crippen molar-refractivity contribution in [1.82, 2.24) is 19.9 Å². The highest BCUT2D eigenvalue weighted by Gasteiger charge is 2.07. The standard InChI is InChI=1S/C12H15N5/c1-2-6-12-11(5-1)14-15-17(12)10-13-9-16-7-3-4-8-16/h1-2,5-6,9H,3-4,7-8,10H2. The molecule has 0 atom stereocenters. The summed E-state index contributed by atoms with van der Waals surface area (Å²) >= 11 is 0. The molecule has 3 rings (SSSR count). The smallest absolute Gasteiger partial charge is 0.135 e. The number of benzene rings is 1. The van der Waals surface area contributed by atoms with Crippen LogP contribution in [0.15, 0.2) is 29.3 Å². The zero-order chi connectivity index (χ0) is 11.5. The van der Waals surface area contributed by atoms with Gasteiger partial charge in [0, 0.05) is 13.1 Å². The molecule has 1 fully saturated rings. The lowest BCUT2D eigenvalue weighted by Gasteiger charge is -2.08. The highest BCUT2D eigenvalue weighted by molar-refractivity contribution is 5.73. The van der Waals surface area contributed by atoms with Crippen LogP contribution in [-0.2, 0) is 6.67 Å². The third kappa shape index (κ3) is 2.13. The van der Waals surface area contributed by atoms with Gasteiger partial charge in [0.05, 0.1) is 11.9 Å². The molecule has 1 aliphatic heterocycles. The third-order valence-corrected chi connectivity index (χ3v) is 3.02. The largest absolute Gasteiger partial charge is 0.363 e. The number of likely N-dealkylation sites (tertiary alicyclic amines) is 1. The SMILES string of the molecule is C(=NCn1nnc2ccccc21)N1CCCC1. The van der Waals surface area contributed by atoms with E-state index in [0.29, 0.717) is 6.67 Å². The van der Waals surface area contributed by atoms with E-state index in [9.17, 15) is 0 Å². The molecule has 2 aromatic rings. The molecule has 1 saturated heterocycles. The Morgan fingerprint density at radius 1 is 1.24 bits per heavy atom. The molecular weight excluding hydrogens is 214 g/mol. The number of aliphatic imine (C=N–C) groups is 1. The second-order valence-electron chi connectivity index (χ2n) is 4.26.